The van der Waals surface area contributed by atoms with Gasteiger partial charge in [-0.05, 0) is 26.0 Å². The topological polar surface area (TPSA) is 55.4 Å². The van der Waals surface area contributed by atoms with Gasteiger partial charge in [0.2, 0.25) is 0 Å². The molecular weight excluding hydrogens is 244 g/mol. The number of benzene rings is 1. The number of para-hydroxylation sites is 1. The molecule has 18 heavy (non-hydrogen) atoms. The Morgan fingerprint density at radius 2 is 1.89 bits per heavy atom. The van der Waals surface area contributed by atoms with Crippen molar-refractivity contribution in [1.29, 1.82) is 0 Å². The molecule has 1 N–H and O–H groups in total. The second-order valence-corrected chi connectivity index (χ2v) is 3.68. The maximum absolute atomic E-state index is 12.1. The monoisotopic (exact) mass is 257 g/mol. The molecule has 0 aliphatic carbocycles. The summed E-state index contributed by atoms with van der Waals surface area (Å²) in [5, 5.41) is 2.40. The van der Waals surface area contributed by atoms with Gasteiger partial charge in [-0.1, -0.05) is 12.1 Å². The van der Waals surface area contributed by atoms with Gasteiger partial charge < -0.3 is 10.1 Å². The van der Waals surface area contributed by atoms with E-state index >= 15 is 0 Å². The second-order valence-electron chi connectivity index (χ2n) is 3.68. The molecule has 1 rings (SSSR count). The summed E-state index contributed by atoms with van der Waals surface area (Å²) in [5.74, 6) is -1.08. The number of alkyl halides is 2. The van der Waals surface area contributed by atoms with E-state index in [2.05, 4.69) is 10.1 Å². The van der Waals surface area contributed by atoms with Crippen molar-refractivity contribution in [3.05, 3.63) is 29.8 Å². The molecule has 0 heterocycles. The lowest BCUT2D eigenvalue weighted by molar-refractivity contribution is -0.118. The fourth-order valence-corrected chi connectivity index (χ4v) is 1.23. The molecular formula is C12H13F2NO3. The number of hydrogen-bond acceptors (Lipinski definition) is 3. The summed E-state index contributed by atoms with van der Waals surface area (Å²) in [6.45, 7) is -0.173. The van der Waals surface area contributed by atoms with Crippen LogP contribution in [-0.4, -0.2) is 24.3 Å². The Hall–Kier alpha value is -1.98. The highest BCUT2D eigenvalue weighted by Gasteiger charge is 2.18. The number of amides is 1. The lowest BCUT2D eigenvalue weighted by atomic mass is 10.1. The average molecular weight is 257 g/mol. The van der Waals surface area contributed by atoms with E-state index in [1.807, 2.05) is 0 Å². The lowest BCUT2D eigenvalue weighted by Gasteiger charge is -2.13. The zero-order chi connectivity index (χ0) is 13.7. The molecule has 0 radical (unpaired) electrons. The standard InChI is InChI=1S/C12H13F2NO3/c1-7(8(2)16)15-11(17)9-5-3-4-6-10(9)18-12(13)14/h3-7,12H,1-2H3,(H,15,17). The smallest absolute Gasteiger partial charge is 0.387 e. The van der Waals surface area contributed by atoms with Gasteiger partial charge in [0.05, 0.1) is 11.6 Å². The molecule has 0 saturated carbocycles. The number of nitrogens with one attached hydrogen (secondary N) is 1. The normalized spacial score (nSPS) is 12.1. The van der Waals surface area contributed by atoms with Crippen LogP contribution < -0.4 is 10.1 Å². The molecule has 0 spiro atoms. The third kappa shape index (κ3) is 3.80. The highest BCUT2D eigenvalue weighted by Crippen LogP contribution is 2.20. The molecule has 0 aromatic heterocycles. The Kier molecular flexibility index (Phi) is 4.76. The van der Waals surface area contributed by atoms with Crippen LogP contribution in [0.15, 0.2) is 24.3 Å². The van der Waals surface area contributed by atoms with E-state index in [9.17, 15) is 18.4 Å². The van der Waals surface area contributed by atoms with Gasteiger partial charge >= 0.3 is 6.61 Å². The quantitative estimate of drug-likeness (QED) is 0.877. The summed E-state index contributed by atoms with van der Waals surface area (Å²) < 4.78 is 28.5. The van der Waals surface area contributed by atoms with Gasteiger partial charge in [0.25, 0.3) is 5.91 Å². The fraction of sp³-hybridized carbons (Fsp3) is 0.333. The summed E-state index contributed by atoms with van der Waals surface area (Å²) in [6.07, 6.45) is 0. The minimum atomic E-state index is -3.01. The molecule has 98 valence electrons. The molecule has 1 aromatic carbocycles. The zero-order valence-corrected chi connectivity index (χ0v) is 9.94. The van der Waals surface area contributed by atoms with Crippen LogP contribution in [0.25, 0.3) is 0 Å². The first kappa shape index (κ1) is 14.1. The maximum atomic E-state index is 12.1. The molecule has 6 heteroatoms. The van der Waals surface area contributed by atoms with E-state index in [0.29, 0.717) is 0 Å². The SMILES string of the molecule is CC(=O)C(C)NC(=O)c1ccccc1OC(F)F. The van der Waals surface area contributed by atoms with Crippen LogP contribution in [0.3, 0.4) is 0 Å². The average Bonchev–Trinajstić information content (AvgIpc) is 2.28. The van der Waals surface area contributed by atoms with Crippen LogP contribution >= 0.6 is 0 Å². The third-order valence-electron chi connectivity index (χ3n) is 2.31. The number of halogens is 2. The largest absolute Gasteiger partial charge is 0.434 e. The molecule has 0 fully saturated rings. The zero-order valence-electron chi connectivity index (χ0n) is 9.94. The number of carbonyl (C=O) groups excluding carboxylic acids is 2. The van der Waals surface area contributed by atoms with Gasteiger partial charge in [0, 0.05) is 0 Å². The van der Waals surface area contributed by atoms with Gasteiger partial charge in [0.15, 0.2) is 5.78 Å². The summed E-state index contributed by atoms with van der Waals surface area (Å²) in [4.78, 5) is 22.8. The number of carbonyl (C=O) groups is 2. The molecule has 0 aliphatic heterocycles. The number of Topliss-reactive ketones (excluding diaryl/α,β-unsaturated/α-hetero) is 1. The minimum Gasteiger partial charge on any atom is -0.434 e. The maximum Gasteiger partial charge on any atom is 0.387 e. The van der Waals surface area contributed by atoms with E-state index in [1.165, 1.54) is 38.1 Å². The van der Waals surface area contributed by atoms with E-state index in [4.69, 9.17) is 0 Å². The third-order valence-corrected chi connectivity index (χ3v) is 2.31. The predicted octanol–water partition coefficient (Wildman–Crippen LogP) is 2.00. The summed E-state index contributed by atoms with van der Waals surface area (Å²) in [6, 6.07) is 4.92. The second kappa shape index (κ2) is 6.09. The fourth-order valence-electron chi connectivity index (χ4n) is 1.23. The van der Waals surface area contributed by atoms with Gasteiger partial charge in [-0.25, -0.2) is 0 Å². The van der Waals surface area contributed by atoms with Gasteiger partial charge in [-0.3, -0.25) is 9.59 Å². The van der Waals surface area contributed by atoms with Gasteiger partial charge in [0.1, 0.15) is 5.75 Å². The molecule has 4 nitrogen and oxygen atoms in total. The highest BCUT2D eigenvalue weighted by atomic mass is 19.3. The van der Waals surface area contributed by atoms with Gasteiger partial charge in [-0.2, -0.15) is 8.78 Å². The first-order valence-corrected chi connectivity index (χ1v) is 5.27. The van der Waals surface area contributed by atoms with Crippen molar-refractivity contribution in [2.75, 3.05) is 0 Å². The van der Waals surface area contributed by atoms with Crippen molar-refractivity contribution >= 4 is 11.7 Å². The van der Waals surface area contributed by atoms with Crippen molar-refractivity contribution in [2.24, 2.45) is 0 Å². The van der Waals surface area contributed by atoms with E-state index in [1.54, 1.807) is 0 Å². The molecule has 0 bridgehead atoms. The van der Waals surface area contributed by atoms with Crippen molar-refractivity contribution in [1.82, 2.24) is 5.32 Å². The van der Waals surface area contributed by atoms with Crippen LogP contribution in [-0.2, 0) is 4.79 Å². The Morgan fingerprint density at radius 3 is 2.44 bits per heavy atom. The van der Waals surface area contributed by atoms with Crippen LogP contribution in [0.1, 0.15) is 24.2 Å². The Morgan fingerprint density at radius 1 is 1.28 bits per heavy atom. The van der Waals surface area contributed by atoms with E-state index in [-0.39, 0.29) is 17.1 Å². The summed E-state index contributed by atoms with van der Waals surface area (Å²) in [7, 11) is 0. The number of ether oxygens (including phenoxy) is 1. The van der Waals surface area contributed by atoms with Crippen LogP contribution in [0.5, 0.6) is 5.75 Å². The number of ketones is 1. The molecule has 1 atom stereocenters. The molecule has 0 aliphatic rings. The van der Waals surface area contributed by atoms with Crippen LogP contribution in [0, 0.1) is 0 Å². The van der Waals surface area contributed by atoms with Crippen molar-refractivity contribution in [3.8, 4) is 5.75 Å². The van der Waals surface area contributed by atoms with Crippen molar-refractivity contribution in [3.63, 3.8) is 0 Å². The number of hydrogen-bond donors (Lipinski definition) is 1. The van der Waals surface area contributed by atoms with Crippen molar-refractivity contribution in [2.45, 2.75) is 26.5 Å². The van der Waals surface area contributed by atoms with Crippen molar-refractivity contribution < 1.29 is 23.1 Å². The predicted molar refractivity (Wildman–Crippen MR) is 60.7 cm³/mol. The molecule has 1 amide bonds. The first-order chi connectivity index (χ1) is 8.41. The Labute approximate surface area is 103 Å². The summed E-state index contributed by atoms with van der Waals surface area (Å²) >= 11 is 0. The summed E-state index contributed by atoms with van der Waals surface area (Å²) in [5.41, 5.74) is -0.0362. The molecule has 1 aromatic rings. The Balaban J connectivity index is 2.88. The number of rotatable bonds is 5. The lowest BCUT2D eigenvalue weighted by Crippen LogP contribution is -2.37. The molecule has 1 unspecified atom stereocenters. The Bertz CT molecular complexity index is 449. The van der Waals surface area contributed by atoms with Crippen LogP contribution in [0.4, 0.5) is 8.78 Å². The highest BCUT2D eigenvalue weighted by molar-refractivity contribution is 5.99. The van der Waals surface area contributed by atoms with E-state index < -0.39 is 18.6 Å². The van der Waals surface area contributed by atoms with Gasteiger partial charge in [-0.15, -0.1) is 0 Å². The molecule has 0 saturated heterocycles. The first-order valence-electron chi connectivity index (χ1n) is 5.27. The minimum absolute atomic E-state index is 0.0362. The van der Waals surface area contributed by atoms with Crippen LogP contribution in [0.2, 0.25) is 0 Å². The van der Waals surface area contributed by atoms with E-state index in [0.717, 1.165) is 0 Å².